The molecule has 9 heteroatoms. The van der Waals surface area contributed by atoms with Crippen molar-refractivity contribution in [3.05, 3.63) is 65.6 Å². The fourth-order valence-electron chi connectivity index (χ4n) is 2.92. The summed E-state index contributed by atoms with van der Waals surface area (Å²) in [6, 6.07) is 12.8. The van der Waals surface area contributed by atoms with Gasteiger partial charge < -0.3 is 10.2 Å². The van der Waals surface area contributed by atoms with Gasteiger partial charge in [-0.05, 0) is 42.6 Å². The topological polar surface area (TPSA) is 91.9 Å². The van der Waals surface area contributed by atoms with Crippen LogP contribution in [0.2, 0.25) is 0 Å². The Hall–Kier alpha value is -3.85. The third kappa shape index (κ3) is 4.08. The number of aromatic nitrogens is 2. The summed E-state index contributed by atoms with van der Waals surface area (Å²) in [6.45, 7) is 5.38. The summed E-state index contributed by atoms with van der Waals surface area (Å²) in [6.07, 6.45) is 0. The maximum Gasteiger partial charge on any atom is 0.281 e. The van der Waals surface area contributed by atoms with E-state index in [0.717, 1.165) is 10.6 Å². The molecule has 0 bridgehead atoms. The smallest absolute Gasteiger partial charge is 0.281 e. The van der Waals surface area contributed by atoms with E-state index < -0.39 is 5.91 Å². The van der Waals surface area contributed by atoms with Crippen LogP contribution in [0.4, 0.5) is 11.5 Å². The number of aliphatic imine (C=N–C) groups is 2. The highest BCUT2D eigenvalue weighted by Gasteiger charge is 2.23. The molecule has 1 aliphatic heterocycles. The molecule has 156 valence electrons. The molecule has 1 aromatic carbocycles. The van der Waals surface area contributed by atoms with E-state index >= 15 is 0 Å². The number of hydrogen-bond donors (Lipinski definition) is 1. The van der Waals surface area contributed by atoms with Gasteiger partial charge >= 0.3 is 0 Å². The second-order valence-corrected chi connectivity index (χ2v) is 8.04. The average molecular weight is 433 g/mol. The molecule has 8 nitrogen and oxygen atoms in total. The van der Waals surface area contributed by atoms with Gasteiger partial charge in [-0.15, -0.1) is 11.3 Å². The molecule has 0 radical (unpaired) electrons. The van der Waals surface area contributed by atoms with Crippen LogP contribution in [0.5, 0.6) is 0 Å². The Bertz CT molecular complexity index is 1230. The first-order chi connectivity index (χ1) is 14.8. The minimum absolute atomic E-state index is 0.0796. The number of amides is 2. The van der Waals surface area contributed by atoms with Gasteiger partial charge in [-0.3, -0.25) is 9.59 Å². The number of nitrogens with one attached hydrogen (secondary N) is 1. The number of nitrogens with zero attached hydrogens (tertiary/aromatic N) is 5. The van der Waals surface area contributed by atoms with E-state index in [2.05, 4.69) is 27.0 Å². The molecule has 0 unspecified atom stereocenters. The van der Waals surface area contributed by atoms with Crippen molar-refractivity contribution in [3.8, 4) is 10.6 Å². The minimum atomic E-state index is -0.479. The fraction of sp³-hybridized carbons (Fsp3) is 0.136. The highest BCUT2D eigenvalue weighted by atomic mass is 32.1. The first-order valence-corrected chi connectivity index (χ1v) is 10.3. The Kier molecular flexibility index (Phi) is 5.35. The Morgan fingerprint density at radius 3 is 2.52 bits per heavy atom. The van der Waals surface area contributed by atoms with Crippen molar-refractivity contribution in [3.63, 3.8) is 0 Å². The first kappa shape index (κ1) is 20.4. The summed E-state index contributed by atoms with van der Waals surface area (Å²) in [7, 11) is 3.87. The molecule has 0 saturated carbocycles. The summed E-state index contributed by atoms with van der Waals surface area (Å²) >= 11 is 1.52. The molecule has 1 N–H and O–H groups in total. The van der Waals surface area contributed by atoms with E-state index in [1.54, 1.807) is 25.1 Å². The van der Waals surface area contributed by atoms with E-state index in [9.17, 15) is 9.59 Å². The molecule has 0 saturated heterocycles. The van der Waals surface area contributed by atoms with E-state index in [-0.39, 0.29) is 17.4 Å². The molecule has 31 heavy (non-hydrogen) atoms. The molecule has 3 heterocycles. The quantitative estimate of drug-likeness (QED) is 0.637. The molecular formula is C22H20N6O2S. The van der Waals surface area contributed by atoms with Crippen molar-refractivity contribution in [2.75, 3.05) is 24.3 Å². The summed E-state index contributed by atoms with van der Waals surface area (Å²) in [5.74, 6) is -0.346. The second-order valence-electron chi connectivity index (χ2n) is 7.09. The fourth-order valence-corrected chi connectivity index (χ4v) is 3.60. The number of benzene rings is 1. The number of rotatable bonds is 4. The van der Waals surface area contributed by atoms with Crippen LogP contribution >= 0.6 is 11.3 Å². The highest BCUT2D eigenvalue weighted by Crippen LogP contribution is 2.27. The van der Waals surface area contributed by atoms with Crippen LogP contribution in [0.25, 0.3) is 10.6 Å². The largest absolute Gasteiger partial charge is 0.378 e. The Labute approximate surface area is 183 Å². The average Bonchev–Trinajstić information content (AvgIpc) is 3.41. The zero-order valence-corrected chi connectivity index (χ0v) is 18.1. The normalized spacial score (nSPS) is 13.6. The summed E-state index contributed by atoms with van der Waals surface area (Å²) in [5, 5.41) is 9.34. The summed E-state index contributed by atoms with van der Waals surface area (Å²) < 4.78 is 1.37. The van der Waals surface area contributed by atoms with Crippen molar-refractivity contribution >= 4 is 46.3 Å². The number of thiophene rings is 1. The molecule has 0 spiro atoms. The van der Waals surface area contributed by atoms with E-state index in [1.807, 2.05) is 48.6 Å². The van der Waals surface area contributed by atoms with Crippen LogP contribution in [0, 0.1) is 0 Å². The number of anilines is 2. The highest BCUT2D eigenvalue weighted by molar-refractivity contribution is 7.13. The van der Waals surface area contributed by atoms with E-state index in [1.165, 1.54) is 16.0 Å². The summed E-state index contributed by atoms with van der Waals surface area (Å²) in [4.78, 5) is 36.3. The number of carbonyl (C=O) groups is 2. The lowest BCUT2D eigenvalue weighted by Crippen LogP contribution is -2.25. The van der Waals surface area contributed by atoms with Crippen molar-refractivity contribution in [1.82, 2.24) is 9.78 Å². The van der Waals surface area contributed by atoms with Gasteiger partial charge in [-0.2, -0.15) is 14.8 Å². The van der Waals surface area contributed by atoms with Gasteiger partial charge in [0.1, 0.15) is 11.5 Å². The van der Waals surface area contributed by atoms with Crippen LogP contribution in [0.3, 0.4) is 0 Å². The maximum absolute atomic E-state index is 12.9. The molecule has 2 aromatic heterocycles. The Morgan fingerprint density at radius 1 is 1.16 bits per heavy atom. The zero-order valence-electron chi connectivity index (χ0n) is 17.3. The lowest BCUT2D eigenvalue weighted by Gasteiger charge is -2.14. The van der Waals surface area contributed by atoms with Crippen molar-refractivity contribution in [1.29, 1.82) is 0 Å². The van der Waals surface area contributed by atoms with Crippen molar-refractivity contribution < 1.29 is 9.59 Å². The van der Waals surface area contributed by atoms with Gasteiger partial charge in [0.05, 0.1) is 16.2 Å². The van der Waals surface area contributed by atoms with Gasteiger partial charge in [0, 0.05) is 31.4 Å². The maximum atomic E-state index is 12.9. The molecule has 4 rings (SSSR count). The predicted octanol–water partition coefficient (Wildman–Crippen LogP) is 3.69. The number of carbonyl (C=O) groups excluding carboxylic acids is 2. The van der Waals surface area contributed by atoms with Gasteiger partial charge in [0.25, 0.3) is 17.8 Å². The van der Waals surface area contributed by atoms with Gasteiger partial charge in [0.2, 0.25) is 0 Å². The van der Waals surface area contributed by atoms with Crippen LogP contribution < -0.4 is 10.2 Å². The predicted molar refractivity (Wildman–Crippen MR) is 124 cm³/mol. The third-order valence-corrected chi connectivity index (χ3v) is 5.62. The second kappa shape index (κ2) is 8.11. The molecule has 0 atom stereocenters. The molecule has 2 amide bonds. The minimum Gasteiger partial charge on any atom is -0.378 e. The zero-order chi connectivity index (χ0) is 22.1. The van der Waals surface area contributed by atoms with Crippen molar-refractivity contribution in [2.24, 2.45) is 9.98 Å². The molecule has 0 aliphatic carbocycles. The Morgan fingerprint density at radius 2 is 1.90 bits per heavy atom. The van der Waals surface area contributed by atoms with Crippen LogP contribution in [0.15, 0.2) is 70.0 Å². The SMILES string of the molecule is C=C1C(=O)N=C(n2nc(-c3cccs3)cc2NC(=O)c2ccc(N(C)C)cc2)N=C1C. The molecular weight excluding hydrogens is 412 g/mol. The first-order valence-electron chi connectivity index (χ1n) is 9.44. The molecule has 1 aliphatic rings. The van der Waals surface area contributed by atoms with Crippen molar-refractivity contribution in [2.45, 2.75) is 6.92 Å². The Balaban J connectivity index is 1.71. The third-order valence-electron chi connectivity index (χ3n) is 4.72. The standard InChI is InChI=1S/C22H20N6O2S/c1-13-14(2)23-22(25-20(13)29)28-19(12-17(26-28)18-6-5-11-31-18)24-21(30)15-7-9-16(10-8-15)27(3)4/h5-12H,1H2,2-4H3,(H,24,30). The number of hydrogen-bond acceptors (Lipinski definition) is 6. The van der Waals surface area contributed by atoms with Crippen LogP contribution in [-0.2, 0) is 4.79 Å². The van der Waals surface area contributed by atoms with Crippen LogP contribution in [0.1, 0.15) is 17.3 Å². The van der Waals surface area contributed by atoms with Gasteiger partial charge in [-0.1, -0.05) is 12.6 Å². The summed E-state index contributed by atoms with van der Waals surface area (Å²) in [5.41, 5.74) is 2.81. The van der Waals surface area contributed by atoms with Gasteiger partial charge in [-0.25, -0.2) is 4.99 Å². The lowest BCUT2D eigenvalue weighted by atomic mass is 10.2. The van der Waals surface area contributed by atoms with E-state index in [4.69, 9.17) is 0 Å². The van der Waals surface area contributed by atoms with E-state index in [0.29, 0.717) is 22.8 Å². The molecule has 0 fully saturated rings. The lowest BCUT2D eigenvalue weighted by molar-refractivity contribution is -0.113. The molecule has 3 aromatic rings. The van der Waals surface area contributed by atoms with Gasteiger partial charge in [0.15, 0.2) is 0 Å². The van der Waals surface area contributed by atoms with Crippen LogP contribution in [-0.4, -0.2) is 47.4 Å². The monoisotopic (exact) mass is 432 g/mol.